The largest absolute Gasteiger partial charge is 0.466 e. The topological polar surface area (TPSA) is 95.9 Å². The van der Waals surface area contributed by atoms with Crippen LogP contribution in [0.1, 0.15) is 67.2 Å². The van der Waals surface area contributed by atoms with Crippen LogP contribution in [-0.4, -0.2) is 74.0 Å². The predicted octanol–water partition coefficient (Wildman–Crippen LogP) is 3.12. The monoisotopic (exact) mass is 546 g/mol. The van der Waals surface area contributed by atoms with Gasteiger partial charge in [0.15, 0.2) is 0 Å². The Bertz CT molecular complexity index is 785. The van der Waals surface area contributed by atoms with E-state index < -0.39 is 28.2 Å². The van der Waals surface area contributed by atoms with Gasteiger partial charge in [-0.1, -0.05) is 36.7 Å². The molecule has 0 radical (unpaired) electrons. The molecule has 0 aromatic heterocycles. The van der Waals surface area contributed by atoms with Crippen molar-refractivity contribution in [3.63, 3.8) is 0 Å². The standard InChI is InChI=1S/C24H39BrN2O5S/c1-7-32-21(31)15-16-20(30)27(10-8-9-11-28)18(24(16)12-14(25)17(15)33-24)19(29)26-23(5,6)13-22(2,3)4/h14-18,28H,7-13H2,1-6H3,(H,26,29)/t14?,15-,16+,17-,18?,24?/m1/s1. The number of carbonyl (C=O) groups is 3. The summed E-state index contributed by atoms with van der Waals surface area (Å²) in [5.41, 5.74) is -0.417. The van der Waals surface area contributed by atoms with Crippen LogP contribution >= 0.6 is 27.7 Å². The van der Waals surface area contributed by atoms with Crippen LogP contribution in [0.2, 0.25) is 0 Å². The van der Waals surface area contributed by atoms with Crippen molar-refractivity contribution in [2.24, 2.45) is 17.3 Å². The van der Waals surface area contributed by atoms with Crippen molar-refractivity contribution in [2.45, 2.75) is 93.6 Å². The Kier molecular flexibility index (Phi) is 7.87. The normalized spacial score (nSPS) is 33.4. The number of rotatable bonds is 9. The zero-order chi connectivity index (χ0) is 24.8. The maximum atomic E-state index is 13.9. The highest BCUT2D eigenvalue weighted by molar-refractivity contribution is 9.09. The summed E-state index contributed by atoms with van der Waals surface area (Å²) in [6, 6.07) is -0.651. The van der Waals surface area contributed by atoms with E-state index in [1.807, 2.05) is 13.8 Å². The average molecular weight is 548 g/mol. The van der Waals surface area contributed by atoms with Gasteiger partial charge in [-0.3, -0.25) is 14.4 Å². The molecule has 3 aliphatic rings. The second-order valence-electron chi connectivity index (χ2n) is 11.5. The van der Waals surface area contributed by atoms with Crippen molar-refractivity contribution < 1.29 is 24.2 Å². The Balaban J connectivity index is 1.96. The Morgan fingerprint density at radius 2 is 1.94 bits per heavy atom. The van der Waals surface area contributed by atoms with Crippen LogP contribution < -0.4 is 5.32 Å². The van der Waals surface area contributed by atoms with E-state index in [-0.39, 0.29) is 46.5 Å². The number of alkyl halides is 1. The van der Waals surface area contributed by atoms with Crippen LogP contribution in [0.3, 0.4) is 0 Å². The zero-order valence-corrected chi connectivity index (χ0v) is 23.1. The third kappa shape index (κ3) is 5.10. The van der Waals surface area contributed by atoms with Crippen LogP contribution in [0.15, 0.2) is 0 Å². The fourth-order valence-electron chi connectivity index (χ4n) is 6.34. The van der Waals surface area contributed by atoms with Gasteiger partial charge in [0.2, 0.25) is 11.8 Å². The van der Waals surface area contributed by atoms with Crippen molar-refractivity contribution in [3.8, 4) is 0 Å². The van der Waals surface area contributed by atoms with Crippen molar-refractivity contribution >= 4 is 45.5 Å². The minimum atomic E-state index is -0.658. The maximum absolute atomic E-state index is 13.9. The van der Waals surface area contributed by atoms with Gasteiger partial charge in [-0.2, -0.15) is 0 Å². The van der Waals surface area contributed by atoms with E-state index in [1.165, 1.54) is 0 Å². The molecule has 9 heteroatoms. The number of halogens is 1. The first-order valence-electron chi connectivity index (χ1n) is 12.0. The smallest absolute Gasteiger partial charge is 0.310 e. The number of nitrogens with one attached hydrogen (secondary N) is 1. The van der Waals surface area contributed by atoms with Gasteiger partial charge in [0.05, 0.1) is 23.2 Å². The predicted molar refractivity (Wildman–Crippen MR) is 133 cm³/mol. The summed E-state index contributed by atoms with van der Waals surface area (Å²) in [6.07, 6.45) is 2.61. The number of aliphatic hydroxyl groups is 1. The molecule has 3 rings (SSSR count). The van der Waals surface area contributed by atoms with Gasteiger partial charge >= 0.3 is 5.97 Å². The lowest BCUT2D eigenvalue weighted by atomic mass is 9.71. The van der Waals surface area contributed by atoms with Crippen molar-refractivity contribution in [1.29, 1.82) is 0 Å². The highest BCUT2D eigenvalue weighted by Crippen LogP contribution is 2.67. The fourth-order valence-corrected chi connectivity index (χ4v) is 9.95. The van der Waals surface area contributed by atoms with Gasteiger partial charge in [0, 0.05) is 28.8 Å². The number of ether oxygens (including phenoxy) is 1. The molecule has 2 amide bonds. The summed E-state index contributed by atoms with van der Waals surface area (Å²) in [7, 11) is 0. The van der Waals surface area contributed by atoms with Crippen LogP contribution in [0.5, 0.6) is 0 Å². The van der Waals surface area contributed by atoms with E-state index in [2.05, 4.69) is 42.0 Å². The highest BCUT2D eigenvalue weighted by Gasteiger charge is 2.75. The third-order valence-electron chi connectivity index (χ3n) is 6.84. The SMILES string of the molecule is CCOC(=O)[C@H]1[C@@H]2SC3(CC2Br)C(C(=O)NC(C)(C)CC(C)(C)C)N(CCCCO)C(=O)[C@H]13. The number of fused-ring (bicyclic) bond motifs is 1. The third-order valence-corrected chi connectivity index (χ3v) is 10.1. The Morgan fingerprint density at radius 1 is 1.27 bits per heavy atom. The van der Waals surface area contributed by atoms with Crippen LogP contribution in [-0.2, 0) is 19.1 Å². The van der Waals surface area contributed by atoms with E-state index in [0.29, 0.717) is 25.8 Å². The number of carbonyl (C=O) groups excluding carboxylic acids is 3. The number of hydrogen-bond donors (Lipinski definition) is 2. The van der Waals surface area contributed by atoms with Crippen molar-refractivity contribution in [3.05, 3.63) is 0 Å². The van der Waals surface area contributed by atoms with Gasteiger partial charge < -0.3 is 20.1 Å². The highest BCUT2D eigenvalue weighted by atomic mass is 79.9. The molecular formula is C24H39BrN2O5S. The number of thioether (sulfide) groups is 1. The number of hydrogen-bond acceptors (Lipinski definition) is 6. The molecule has 6 atom stereocenters. The molecule has 0 aliphatic carbocycles. The lowest BCUT2D eigenvalue weighted by Gasteiger charge is -2.39. The van der Waals surface area contributed by atoms with Crippen LogP contribution in [0.4, 0.5) is 0 Å². The number of likely N-dealkylation sites (tertiary alicyclic amines) is 1. The molecule has 3 heterocycles. The zero-order valence-electron chi connectivity index (χ0n) is 20.7. The Labute approximate surface area is 210 Å². The number of aliphatic hydroxyl groups excluding tert-OH is 1. The summed E-state index contributed by atoms with van der Waals surface area (Å²) in [5, 5.41) is 12.4. The molecule has 0 aromatic rings. The lowest BCUT2D eigenvalue weighted by molar-refractivity contribution is -0.153. The first-order valence-corrected chi connectivity index (χ1v) is 13.8. The fraction of sp³-hybridized carbons (Fsp3) is 0.875. The van der Waals surface area contributed by atoms with E-state index in [9.17, 15) is 19.5 Å². The van der Waals surface area contributed by atoms with Gasteiger partial charge in [0.25, 0.3) is 0 Å². The average Bonchev–Trinajstić information content (AvgIpc) is 3.23. The molecule has 7 nitrogen and oxygen atoms in total. The summed E-state index contributed by atoms with van der Waals surface area (Å²) >= 11 is 5.37. The number of nitrogens with zero attached hydrogens (tertiary/aromatic N) is 1. The second kappa shape index (κ2) is 9.69. The molecule has 2 N–H and O–H groups in total. The first kappa shape index (κ1) is 26.8. The van der Waals surface area contributed by atoms with E-state index >= 15 is 0 Å². The molecule has 3 fully saturated rings. The minimum Gasteiger partial charge on any atom is -0.466 e. The Hall–Kier alpha value is -0.800. The van der Waals surface area contributed by atoms with Crippen LogP contribution in [0, 0.1) is 17.3 Å². The van der Waals surface area contributed by atoms with E-state index in [1.54, 1.807) is 23.6 Å². The molecule has 3 unspecified atom stereocenters. The van der Waals surface area contributed by atoms with Gasteiger partial charge in [-0.15, -0.1) is 11.8 Å². The molecule has 188 valence electrons. The molecule has 33 heavy (non-hydrogen) atoms. The molecule has 1 spiro atoms. The van der Waals surface area contributed by atoms with Crippen molar-refractivity contribution in [2.75, 3.05) is 19.8 Å². The summed E-state index contributed by atoms with van der Waals surface area (Å²) in [6.45, 7) is 12.9. The van der Waals surface area contributed by atoms with Gasteiger partial charge in [-0.05, 0) is 51.9 Å². The summed E-state index contributed by atoms with van der Waals surface area (Å²) in [5.74, 6) is -1.74. The van der Waals surface area contributed by atoms with E-state index in [0.717, 1.165) is 6.42 Å². The lowest BCUT2D eigenvalue weighted by Crippen LogP contribution is -2.58. The molecular weight excluding hydrogens is 508 g/mol. The first-order chi connectivity index (χ1) is 15.3. The number of unbranched alkanes of at least 4 members (excludes halogenated alkanes) is 1. The molecule has 0 aromatic carbocycles. The van der Waals surface area contributed by atoms with E-state index in [4.69, 9.17) is 4.74 Å². The minimum absolute atomic E-state index is 0.0282. The van der Waals surface area contributed by atoms with Gasteiger partial charge in [0.1, 0.15) is 6.04 Å². The van der Waals surface area contributed by atoms with Crippen LogP contribution in [0.25, 0.3) is 0 Å². The quantitative estimate of drug-likeness (QED) is 0.262. The van der Waals surface area contributed by atoms with Gasteiger partial charge in [-0.25, -0.2) is 0 Å². The molecule has 0 saturated carbocycles. The van der Waals surface area contributed by atoms with Crippen molar-refractivity contribution in [1.82, 2.24) is 10.2 Å². The number of esters is 1. The summed E-state index contributed by atoms with van der Waals surface area (Å²) in [4.78, 5) is 42.3. The molecule has 3 aliphatic heterocycles. The summed E-state index contributed by atoms with van der Waals surface area (Å²) < 4.78 is 4.71. The maximum Gasteiger partial charge on any atom is 0.310 e. The Morgan fingerprint density at radius 3 is 2.52 bits per heavy atom. The molecule has 3 saturated heterocycles. The second-order valence-corrected chi connectivity index (χ2v) is 14.2. The molecule has 2 bridgehead atoms. The number of amides is 2.